The predicted molar refractivity (Wildman–Crippen MR) is 56.7 cm³/mol. The minimum atomic E-state index is 0.0469. The van der Waals surface area contributed by atoms with Gasteiger partial charge in [0, 0.05) is 5.92 Å². The van der Waals surface area contributed by atoms with Crippen LogP contribution in [-0.4, -0.2) is 13.4 Å². The molecular formula is C12H16O2. The van der Waals surface area contributed by atoms with E-state index >= 15 is 0 Å². The van der Waals surface area contributed by atoms with Crippen LogP contribution in [0.2, 0.25) is 0 Å². The molecule has 1 rings (SSSR count). The lowest BCUT2D eigenvalue weighted by Crippen LogP contribution is -2.03. The van der Waals surface area contributed by atoms with Crippen molar-refractivity contribution in [2.24, 2.45) is 5.92 Å². The molecule has 1 unspecified atom stereocenters. The molecule has 0 bridgehead atoms. The molecule has 0 radical (unpaired) electrons. The summed E-state index contributed by atoms with van der Waals surface area (Å²) in [7, 11) is 1.66. The number of carbonyl (C=O) groups is 1. The third-order valence-corrected chi connectivity index (χ3v) is 2.27. The number of carbonyl (C=O) groups excluding carboxylic acids is 1. The van der Waals surface area contributed by atoms with Crippen molar-refractivity contribution < 1.29 is 9.53 Å². The molecule has 14 heavy (non-hydrogen) atoms. The fraction of sp³-hybridized carbons (Fsp3) is 0.417. The van der Waals surface area contributed by atoms with Gasteiger partial charge in [0.1, 0.15) is 12.0 Å². The van der Waals surface area contributed by atoms with Gasteiger partial charge in [0.2, 0.25) is 0 Å². The first-order valence-electron chi connectivity index (χ1n) is 4.76. The Kier molecular flexibility index (Phi) is 3.69. The largest absolute Gasteiger partial charge is 0.496 e. The van der Waals surface area contributed by atoms with E-state index in [1.165, 1.54) is 0 Å². The van der Waals surface area contributed by atoms with Crippen molar-refractivity contribution in [3.63, 3.8) is 0 Å². The summed E-state index contributed by atoms with van der Waals surface area (Å²) >= 11 is 0. The molecule has 0 saturated heterocycles. The average Bonchev–Trinajstić information content (AvgIpc) is 2.18. The van der Waals surface area contributed by atoms with E-state index in [-0.39, 0.29) is 5.92 Å². The zero-order valence-corrected chi connectivity index (χ0v) is 8.91. The molecule has 0 aliphatic carbocycles. The fourth-order valence-electron chi connectivity index (χ4n) is 1.56. The Morgan fingerprint density at radius 2 is 2.21 bits per heavy atom. The summed E-state index contributed by atoms with van der Waals surface area (Å²) in [6, 6.07) is 6.00. The summed E-state index contributed by atoms with van der Waals surface area (Å²) in [6.07, 6.45) is 1.72. The predicted octanol–water partition coefficient (Wildman–Crippen LogP) is 2.38. The Hall–Kier alpha value is -1.31. The van der Waals surface area contributed by atoms with Crippen LogP contribution in [0.4, 0.5) is 0 Å². The number of para-hydroxylation sites is 1. The van der Waals surface area contributed by atoms with Crippen LogP contribution in [0.5, 0.6) is 5.75 Å². The molecular weight excluding hydrogens is 176 g/mol. The van der Waals surface area contributed by atoms with Gasteiger partial charge >= 0.3 is 0 Å². The van der Waals surface area contributed by atoms with Gasteiger partial charge in [-0.2, -0.15) is 0 Å². The van der Waals surface area contributed by atoms with Crippen LogP contribution < -0.4 is 4.74 Å². The van der Waals surface area contributed by atoms with Crippen molar-refractivity contribution in [1.82, 2.24) is 0 Å². The number of ether oxygens (including phenoxy) is 1. The zero-order valence-electron chi connectivity index (χ0n) is 8.91. The lowest BCUT2D eigenvalue weighted by molar-refractivity contribution is -0.110. The Labute approximate surface area is 84.9 Å². The van der Waals surface area contributed by atoms with E-state index in [2.05, 4.69) is 0 Å². The monoisotopic (exact) mass is 192 g/mol. The van der Waals surface area contributed by atoms with E-state index in [1.807, 2.05) is 32.0 Å². The average molecular weight is 192 g/mol. The van der Waals surface area contributed by atoms with Gasteiger partial charge < -0.3 is 9.53 Å². The number of aldehydes is 1. The summed E-state index contributed by atoms with van der Waals surface area (Å²) in [5.74, 6) is 0.951. The molecule has 0 saturated carbocycles. The second-order valence-corrected chi connectivity index (χ2v) is 3.58. The van der Waals surface area contributed by atoms with Gasteiger partial charge in [-0.3, -0.25) is 0 Å². The van der Waals surface area contributed by atoms with E-state index in [4.69, 9.17) is 4.74 Å². The zero-order chi connectivity index (χ0) is 10.6. The third-order valence-electron chi connectivity index (χ3n) is 2.27. The van der Waals surface area contributed by atoms with Gasteiger partial charge in [0.15, 0.2) is 0 Å². The topological polar surface area (TPSA) is 26.3 Å². The maximum absolute atomic E-state index is 10.6. The lowest BCUT2D eigenvalue weighted by atomic mass is 10.00. The number of rotatable bonds is 4. The molecule has 0 fully saturated rings. The van der Waals surface area contributed by atoms with Crippen LogP contribution >= 0.6 is 0 Å². The minimum absolute atomic E-state index is 0.0469. The highest BCUT2D eigenvalue weighted by molar-refractivity contribution is 5.54. The highest BCUT2D eigenvalue weighted by Gasteiger charge is 2.08. The second-order valence-electron chi connectivity index (χ2n) is 3.58. The molecule has 1 atom stereocenters. The van der Waals surface area contributed by atoms with Crippen LogP contribution in [0.15, 0.2) is 18.2 Å². The van der Waals surface area contributed by atoms with Crippen molar-refractivity contribution in [1.29, 1.82) is 0 Å². The van der Waals surface area contributed by atoms with E-state index in [9.17, 15) is 4.79 Å². The Morgan fingerprint density at radius 3 is 2.79 bits per heavy atom. The van der Waals surface area contributed by atoms with E-state index in [1.54, 1.807) is 7.11 Å². The standard InChI is InChI=1S/C12H16O2/c1-9(8-13)7-11-6-4-5-10(2)12(11)14-3/h4-6,8-9H,7H2,1-3H3. The van der Waals surface area contributed by atoms with Crippen LogP contribution in [0.3, 0.4) is 0 Å². The van der Waals surface area contributed by atoms with Crippen molar-refractivity contribution in [3.8, 4) is 5.75 Å². The Bertz CT molecular complexity index is 318. The number of hydrogen-bond acceptors (Lipinski definition) is 2. The molecule has 0 aromatic heterocycles. The van der Waals surface area contributed by atoms with Crippen molar-refractivity contribution in [2.45, 2.75) is 20.3 Å². The number of aryl methyl sites for hydroxylation is 1. The van der Waals surface area contributed by atoms with Gasteiger partial charge in [-0.1, -0.05) is 25.1 Å². The fourth-order valence-corrected chi connectivity index (χ4v) is 1.56. The molecule has 0 spiro atoms. The van der Waals surface area contributed by atoms with Crippen LogP contribution in [0.1, 0.15) is 18.1 Å². The molecule has 0 N–H and O–H groups in total. The quantitative estimate of drug-likeness (QED) is 0.685. The lowest BCUT2D eigenvalue weighted by Gasteiger charge is -2.12. The third kappa shape index (κ3) is 2.34. The molecule has 2 heteroatoms. The molecule has 0 amide bonds. The van der Waals surface area contributed by atoms with Crippen LogP contribution in [0.25, 0.3) is 0 Å². The normalized spacial score (nSPS) is 12.2. The van der Waals surface area contributed by atoms with Crippen molar-refractivity contribution >= 4 is 6.29 Å². The first kappa shape index (κ1) is 10.8. The van der Waals surface area contributed by atoms with Crippen LogP contribution in [0, 0.1) is 12.8 Å². The summed E-state index contributed by atoms with van der Waals surface area (Å²) < 4.78 is 5.31. The van der Waals surface area contributed by atoms with Crippen molar-refractivity contribution in [2.75, 3.05) is 7.11 Å². The summed E-state index contributed by atoms with van der Waals surface area (Å²) in [6.45, 7) is 3.92. The molecule has 0 aliphatic heterocycles. The molecule has 76 valence electrons. The number of benzene rings is 1. The summed E-state index contributed by atoms with van der Waals surface area (Å²) in [4.78, 5) is 10.6. The molecule has 0 aliphatic rings. The second kappa shape index (κ2) is 4.80. The highest BCUT2D eigenvalue weighted by atomic mass is 16.5. The highest BCUT2D eigenvalue weighted by Crippen LogP contribution is 2.24. The number of methoxy groups -OCH3 is 1. The van der Waals surface area contributed by atoms with Crippen LogP contribution in [-0.2, 0) is 11.2 Å². The minimum Gasteiger partial charge on any atom is -0.496 e. The molecule has 2 nitrogen and oxygen atoms in total. The number of hydrogen-bond donors (Lipinski definition) is 0. The SMILES string of the molecule is COc1c(C)cccc1CC(C)C=O. The van der Waals surface area contributed by atoms with Gasteiger partial charge in [0.25, 0.3) is 0 Å². The van der Waals surface area contributed by atoms with Gasteiger partial charge in [-0.05, 0) is 24.5 Å². The smallest absolute Gasteiger partial charge is 0.124 e. The molecule has 1 aromatic rings. The van der Waals surface area contributed by atoms with Crippen molar-refractivity contribution in [3.05, 3.63) is 29.3 Å². The van der Waals surface area contributed by atoms with E-state index < -0.39 is 0 Å². The van der Waals surface area contributed by atoms with Gasteiger partial charge in [0.05, 0.1) is 7.11 Å². The maximum atomic E-state index is 10.6. The van der Waals surface area contributed by atoms with E-state index in [0.29, 0.717) is 0 Å². The molecule has 1 aromatic carbocycles. The first-order chi connectivity index (χ1) is 6.69. The first-order valence-corrected chi connectivity index (χ1v) is 4.76. The Morgan fingerprint density at radius 1 is 1.50 bits per heavy atom. The Balaban J connectivity index is 2.95. The summed E-state index contributed by atoms with van der Waals surface area (Å²) in [5.41, 5.74) is 2.22. The van der Waals surface area contributed by atoms with Gasteiger partial charge in [-0.15, -0.1) is 0 Å². The molecule has 0 heterocycles. The summed E-state index contributed by atoms with van der Waals surface area (Å²) in [5, 5.41) is 0. The maximum Gasteiger partial charge on any atom is 0.124 e. The van der Waals surface area contributed by atoms with E-state index in [0.717, 1.165) is 29.6 Å². The van der Waals surface area contributed by atoms with Gasteiger partial charge in [-0.25, -0.2) is 0 Å².